The van der Waals surface area contributed by atoms with Crippen LogP contribution in [0.1, 0.15) is 38.5 Å². The van der Waals surface area contributed by atoms with E-state index in [0.29, 0.717) is 12.1 Å². The molecule has 0 saturated carbocycles. The smallest absolute Gasteiger partial charge is 0.0331 e. The van der Waals surface area contributed by atoms with E-state index in [0.717, 1.165) is 19.0 Å². The molecule has 0 spiro atoms. The van der Waals surface area contributed by atoms with Gasteiger partial charge in [-0.05, 0) is 54.2 Å². The van der Waals surface area contributed by atoms with Gasteiger partial charge in [-0.2, -0.15) is 0 Å². The Balaban J connectivity index is 1.91. The second kappa shape index (κ2) is 7.21. The Kier molecular flexibility index (Phi) is 5.87. The van der Waals surface area contributed by atoms with Crippen LogP contribution in [0.5, 0.6) is 0 Å². The summed E-state index contributed by atoms with van der Waals surface area (Å²) in [6.07, 6.45) is 2.50. The van der Waals surface area contributed by atoms with Crippen LogP contribution in [0.2, 0.25) is 0 Å². The van der Waals surface area contributed by atoms with Gasteiger partial charge in [-0.1, -0.05) is 13.8 Å². The largest absolute Gasteiger partial charge is 0.314 e. The Hall–Kier alpha value is 0.1000. The Bertz CT molecular complexity index is 393. The Labute approximate surface area is 129 Å². The number of nitrogens with one attached hydrogen (secondary N) is 1. The van der Waals surface area contributed by atoms with Gasteiger partial charge < -0.3 is 5.32 Å². The fraction of sp³-hybridized carbons (Fsp3) is 0.733. The highest BCUT2D eigenvalue weighted by Crippen LogP contribution is 2.28. The molecule has 3 unspecified atom stereocenters. The molecular weight excluding hydrogens is 320 g/mol. The van der Waals surface area contributed by atoms with Crippen LogP contribution >= 0.6 is 27.3 Å². The topological polar surface area (TPSA) is 15.3 Å². The van der Waals surface area contributed by atoms with Crippen molar-refractivity contribution in [2.24, 2.45) is 5.92 Å². The molecule has 0 amide bonds. The summed E-state index contributed by atoms with van der Waals surface area (Å²) in [6.45, 7) is 10.5. The zero-order valence-corrected chi connectivity index (χ0v) is 14.6. The Morgan fingerprint density at radius 3 is 2.89 bits per heavy atom. The molecule has 4 heteroatoms. The van der Waals surface area contributed by atoms with E-state index in [1.54, 1.807) is 0 Å². The van der Waals surface area contributed by atoms with Crippen molar-refractivity contribution in [3.05, 3.63) is 20.8 Å². The number of halogens is 1. The molecule has 2 rings (SSSR count). The van der Waals surface area contributed by atoms with Crippen LogP contribution in [0, 0.1) is 5.92 Å². The minimum Gasteiger partial charge on any atom is -0.314 e. The van der Waals surface area contributed by atoms with Crippen molar-refractivity contribution in [2.45, 2.75) is 52.2 Å². The molecule has 1 aromatic heterocycles. The minimum atomic E-state index is 0.656. The number of hydrogen-bond donors (Lipinski definition) is 1. The van der Waals surface area contributed by atoms with Crippen molar-refractivity contribution in [1.82, 2.24) is 10.2 Å². The predicted octanol–water partition coefficient (Wildman–Crippen LogP) is 4.11. The molecule has 1 N–H and O–H groups in total. The average Bonchev–Trinajstić information content (AvgIpc) is 2.80. The van der Waals surface area contributed by atoms with E-state index >= 15 is 0 Å². The van der Waals surface area contributed by atoms with Gasteiger partial charge in [-0.25, -0.2) is 0 Å². The molecule has 0 radical (unpaired) electrons. The van der Waals surface area contributed by atoms with Gasteiger partial charge in [0.25, 0.3) is 0 Å². The first-order valence-electron chi connectivity index (χ1n) is 7.32. The maximum atomic E-state index is 3.71. The van der Waals surface area contributed by atoms with Crippen molar-refractivity contribution in [3.8, 4) is 0 Å². The van der Waals surface area contributed by atoms with Crippen molar-refractivity contribution < 1.29 is 0 Å². The second-order valence-corrected chi connectivity index (χ2v) is 7.56. The third kappa shape index (κ3) is 4.03. The molecule has 1 saturated heterocycles. The molecule has 1 aliphatic heterocycles. The van der Waals surface area contributed by atoms with Crippen LogP contribution in [-0.4, -0.2) is 30.1 Å². The molecule has 1 fully saturated rings. The van der Waals surface area contributed by atoms with E-state index in [1.807, 2.05) is 11.3 Å². The van der Waals surface area contributed by atoms with Crippen LogP contribution in [-0.2, 0) is 6.54 Å². The van der Waals surface area contributed by atoms with Gasteiger partial charge in [0.05, 0.1) is 0 Å². The van der Waals surface area contributed by atoms with Crippen molar-refractivity contribution in [2.75, 3.05) is 13.1 Å². The molecule has 3 atom stereocenters. The maximum absolute atomic E-state index is 3.71. The van der Waals surface area contributed by atoms with Crippen LogP contribution < -0.4 is 5.32 Å². The second-order valence-electron chi connectivity index (χ2n) is 5.65. The first-order valence-corrected chi connectivity index (χ1v) is 8.99. The summed E-state index contributed by atoms with van der Waals surface area (Å²) in [5.41, 5.74) is 0. The lowest BCUT2D eigenvalue weighted by Gasteiger charge is -2.43. The van der Waals surface area contributed by atoms with Gasteiger partial charge in [-0.15, -0.1) is 11.3 Å². The molecule has 1 aromatic rings. The van der Waals surface area contributed by atoms with Gasteiger partial charge in [0.15, 0.2) is 0 Å². The summed E-state index contributed by atoms with van der Waals surface area (Å²) in [7, 11) is 0. The minimum absolute atomic E-state index is 0.656. The highest BCUT2D eigenvalue weighted by molar-refractivity contribution is 9.10. The molecule has 108 valence electrons. The monoisotopic (exact) mass is 344 g/mol. The van der Waals surface area contributed by atoms with E-state index in [4.69, 9.17) is 0 Å². The zero-order valence-electron chi connectivity index (χ0n) is 12.2. The molecule has 0 aliphatic carbocycles. The SMILES string of the molecule is CCCNC1CCN(Cc2cc(Br)cs2)C(C)C1C. The van der Waals surface area contributed by atoms with Crippen LogP contribution in [0.15, 0.2) is 15.9 Å². The van der Waals surface area contributed by atoms with Gasteiger partial charge in [-0.3, -0.25) is 4.90 Å². The average molecular weight is 345 g/mol. The van der Waals surface area contributed by atoms with Crippen LogP contribution in [0.4, 0.5) is 0 Å². The molecular formula is C15H25BrN2S. The van der Waals surface area contributed by atoms with Crippen molar-refractivity contribution in [1.29, 1.82) is 0 Å². The van der Waals surface area contributed by atoms with Crippen molar-refractivity contribution >= 4 is 27.3 Å². The highest BCUT2D eigenvalue weighted by Gasteiger charge is 2.31. The lowest BCUT2D eigenvalue weighted by Crippen LogP contribution is -2.53. The van der Waals surface area contributed by atoms with Crippen molar-refractivity contribution in [3.63, 3.8) is 0 Å². The number of nitrogens with zero attached hydrogens (tertiary/aromatic N) is 1. The van der Waals surface area contributed by atoms with E-state index in [-0.39, 0.29) is 0 Å². The van der Waals surface area contributed by atoms with Gasteiger partial charge in [0, 0.05) is 39.9 Å². The fourth-order valence-corrected chi connectivity index (χ4v) is 4.39. The van der Waals surface area contributed by atoms with Gasteiger partial charge in [0.1, 0.15) is 0 Å². The van der Waals surface area contributed by atoms with E-state index in [2.05, 4.69) is 58.4 Å². The standard InChI is InChI=1S/C15H25BrN2S/c1-4-6-17-15-5-7-18(12(3)11(15)2)9-14-8-13(16)10-19-14/h8,10-12,15,17H,4-7,9H2,1-3H3. The van der Waals surface area contributed by atoms with Crippen LogP contribution in [0.3, 0.4) is 0 Å². The van der Waals surface area contributed by atoms with E-state index < -0.39 is 0 Å². The predicted molar refractivity (Wildman–Crippen MR) is 87.8 cm³/mol. The number of thiophene rings is 1. The summed E-state index contributed by atoms with van der Waals surface area (Å²) in [6, 6.07) is 3.61. The molecule has 1 aliphatic rings. The normalized spacial score (nSPS) is 28.7. The molecule has 2 nitrogen and oxygen atoms in total. The first kappa shape index (κ1) is 15.5. The summed E-state index contributed by atoms with van der Waals surface area (Å²) < 4.78 is 1.22. The van der Waals surface area contributed by atoms with E-state index in [1.165, 1.54) is 28.7 Å². The number of likely N-dealkylation sites (tertiary alicyclic amines) is 1. The molecule has 2 heterocycles. The third-order valence-electron chi connectivity index (χ3n) is 4.34. The molecule has 0 bridgehead atoms. The van der Waals surface area contributed by atoms with Gasteiger partial charge in [0.2, 0.25) is 0 Å². The summed E-state index contributed by atoms with van der Waals surface area (Å²) in [5.74, 6) is 0.726. The maximum Gasteiger partial charge on any atom is 0.0331 e. The summed E-state index contributed by atoms with van der Waals surface area (Å²) in [5, 5.41) is 5.89. The van der Waals surface area contributed by atoms with E-state index in [9.17, 15) is 0 Å². The summed E-state index contributed by atoms with van der Waals surface area (Å²) >= 11 is 5.40. The highest BCUT2D eigenvalue weighted by atomic mass is 79.9. The molecule has 19 heavy (non-hydrogen) atoms. The lowest BCUT2D eigenvalue weighted by molar-refractivity contribution is 0.0794. The Morgan fingerprint density at radius 2 is 2.26 bits per heavy atom. The Morgan fingerprint density at radius 1 is 1.47 bits per heavy atom. The van der Waals surface area contributed by atoms with Crippen LogP contribution in [0.25, 0.3) is 0 Å². The fourth-order valence-electron chi connectivity index (χ4n) is 2.92. The number of piperidine rings is 1. The first-order chi connectivity index (χ1) is 9.11. The summed E-state index contributed by atoms with van der Waals surface area (Å²) in [4.78, 5) is 4.10. The number of hydrogen-bond acceptors (Lipinski definition) is 3. The third-order valence-corrected chi connectivity index (χ3v) is 6.02. The zero-order chi connectivity index (χ0) is 13.8. The lowest BCUT2D eigenvalue weighted by atomic mass is 9.87. The quantitative estimate of drug-likeness (QED) is 0.864. The molecule has 0 aromatic carbocycles. The number of rotatable bonds is 5. The van der Waals surface area contributed by atoms with Gasteiger partial charge >= 0.3 is 0 Å².